The van der Waals surface area contributed by atoms with Gasteiger partial charge >= 0.3 is 5.97 Å². The number of hydrogen-bond donors (Lipinski definition) is 1. The van der Waals surface area contributed by atoms with Crippen LogP contribution >= 0.6 is 0 Å². The Bertz CT molecular complexity index is 432. The van der Waals surface area contributed by atoms with Gasteiger partial charge in [0.2, 0.25) is 0 Å². The lowest BCUT2D eigenvalue weighted by molar-refractivity contribution is -0.142. The Kier molecular flexibility index (Phi) is 5.24. The van der Waals surface area contributed by atoms with E-state index >= 15 is 0 Å². The van der Waals surface area contributed by atoms with Gasteiger partial charge in [0.25, 0.3) is 0 Å². The van der Waals surface area contributed by atoms with Crippen LogP contribution in [0, 0.1) is 0 Å². The molecule has 2 rings (SSSR count). The van der Waals surface area contributed by atoms with Crippen molar-refractivity contribution < 1.29 is 19.0 Å². The number of ether oxygens (including phenoxy) is 3. The minimum atomic E-state index is -0.267. The molecular formula is C15H21NO4. The maximum Gasteiger partial charge on any atom is 0.323 e. The summed E-state index contributed by atoms with van der Waals surface area (Å²) in [5.41, 5.74) is 0. The van der Waals surface area contributed by atoms with Crippen molar-refractivity contribution in [1.82, 2.24) is 5.32 Å². The molecule has 0 aliphatic carbocycles. The molecule has 1 fully saturated rings. The minimum absolute atomic E-state index is 0.0125. The summed E-state index contributed by atoms with van der Waals surface area (Å²) in [7, 11) is 1.40. The average molecular weight is 279 g/mol. The lowest BCUT2D eigenvalue weighted by atomic mass is 10.2. The van der Waals surface area contributed by atoms with Crippen molar-refractivity contribution >= 4 is 5.97 Å². The van der Waals surface area contributed by atoms with E-state index in [9.17, 15) is 4.79 Å². The number of carbonyl (C=O) groups is 1. The highest BCUT2D eigenvalue weighted by atomic mass is 16.5. The second-order valence-corrected chi connectivity index (χ2v) is 4.78. The van der Waals surface area contributed by atoms with E-state index < -0.39 is 0 Å². The van der Waals surface area contributed by atoms with Crippen molar-refractivity contribution in [2.24, 2.45) is 0 Å². The van der Waals surface area contributed by atoms with Crippen molar-refractivity contribution in [3.8, 4) is 11.5 Å². The van der Waals surface area contributed by atoms with Gasteiger partial charge in [-0.2, -0.15) is 0 Å². The van der Waals surface area contributed by atoms with Crippen LogP contribution in [0.2, 0.25) is 0 Å². The molecule has 0 bridgehead atoms. The van der Waals surface area contributed by atoms with Gasteiger partial charge in [0.15, 0.2) is 0 Å². The van der Waals surface area contributed by atoms with E-state index in [4.69, 9.17) is 14.2 Å². The SMILES string of the molecule is CCCOc1ccc(O[C@@H]2CN[C@H](C(=O)OC)C2)cc1. The highest BCUT2D eigenvalue weighted by Crippen LogP contribution is 2.21. The van der Waals surface area contributed by atoms with Crippen LogP contribution in [0.4, 0.5) is 0 Å². The van der Waals surface area contributed by atoms with Gasteiger partial charge in [0, 0.05) is 13.0 Å². The van der Waals surface area contributed by atoms with Crippen molar-refractivity contribution in [1.29, 1.82) is 0 Å². The molecule has 0 aromatic heterocycles. The third kappa shape index (κ3) is 3.87. The van der Waals surface area contributed by atoms with E-state index in [1.54, 1.807) is 0 Å². The molecule has 0 saturated carbocycles. The van der Waals surface area contributed by atoms with Crippen molar-refractivity contribution in [2.75, 3.05) is 20.3 Å². The van der Waals surface area contributed by atoms with Crippen LogP contribution < -0.4 is 14.8 Å². The lowest BCUT2D eigenvalue weighted by Crippen LogP contribution is -2.31. The fourth-order valence-corrected chi connectivity index (χ4v) is 2.14. The number of esters is 1. The number of nitrogens with one attached hydrogen (secondary N) is 1. The van der Waals surface area contributed by atoms with E-state index in [-0.39, 0.29) is 18.1 Å². The van der Waals surface area contributed by atoms with Crippen molar-refractivity contribution in [3.63, 3.8) is 0 Å². The molecule has 1 heterocycles. The van der Waals surface area contributed by atoms with Crippen LogP contribution in [0.25, 0.3) is 0 Å². The zero-order chi connectivity index (χ0) is 14.4. The first-order valence-corrected chi connectivity index (χ1v) is 6.93. The molecule has 1 N–H and O–H groups in total. The molecule has 1 saturated heterocycles. The molecule has 1 aliphatic heterocycles. The molecule has 0 radical (unpaired) electrons. The van der Waals surface area contributed by atoms with E-state index in [1.807, 2.05) is 24.3 Å². The molecular weight excluding hydrogens is 258 g/mol. The number of methoxy groups -OCH3 is 1. The first kappa shape index (κ1) is 14.7. The highest BCUT2D eigenvalue weighted by Gasteiger charge is 2.31. The van der Waals surface area contributed by atoms with E-state index in [1.165, 1.54) is 7.11 Å². The summed E-state index contributed by atoms with van der Waals surface area (Å²) in [5, 5.41) is 3.09. The third-order valence-electron chi connectivity index (χ3n) is 3.18. The zero-order valence-corrected chi connectivity index (χ0v) is 11.9. The van der Waals surface area contributed by atoms with E-state index in [0.717, 1.165) is 17.9 Å². The summed E-state index contributed by atoms with van der Waals surface area (Å²) in [5.74, 6) is 1.39. The smallest absolute Gasteiger partial charge is 0.323 e. The normalized spacial score (nSPS) is 21.5. The predicted octanol–water partition coefficient (Wildman–Crippen LogP) is 1.76. The number of carbonyl (C=O) groups excluding carboxylic acids is 1. The Morgan fingerprint density at radius 1 is 1.30 bits per heavy atom. The molecule has 1 aliphatic rings. The van der Waals surface area contributed by atoms with Crippen LogP contribution in [0.15, 0.2) is 24.3 Å². The van der Waals surface area contributed by atoms with Crippen LogP contribution in [-0.2, 0) is 9.53 Å². The Balaban J connectivity index is 1.83. The van der Waals surface area contributed by atoms with Gasteiger partial charge in [-0.3, -0.25) is 4.79 Å². The Labute approximate surface area is 119 Å². The molecule has 110 valence electrons. The summed E-state index contributed by atoms with van der Waals surface area (Å²) in [4.78, 5) is 11.4. The van der Waals surface area contributed by atoms with Gasteiger partial charge < -0.3 is 19.5 Å². The second-order valence-electron chi connectivity index (χ2n) is 4.78. The Hall–Kier alpha value is -1.75. The maximum atomic E-state index is 11.4. The summed E-state index contributed by atoms with van der Waals surface area (Å²) >= 11 is 0. The fraction of sp³-hybridized carbons (Fsp3) is 0.533. The number of benzene rings is 1. The molecule has 0 spiro atoms. The third-order valence-corrected chi connectivity index (χ3v) is 3.18. The molecule has 0 amide bonds. The molecule has 1 aromatic carbocycles. The van der Waals surface area contributed by atoms with Gasteiger partial charge in [-0.1, -0.05) is 6.92 Å². The van der Waals surface area contributed by atoms with Gasteiger partial charge in [-0.25, -0.2) is 0 Å². The van der Waals surface area contributed by atoms with E-state index in [0.29, 0.717) is 19.6 Å². The summed E-state index contributed by atoms with van der Waals surface area (Å²) < 4.78 is 16.1. The van der Waals surface area contributed by atoms with Gasteiger partial charge in [-0.05, 0) is 30.7 Å². The second kappa shape index (κ2) is 7.14. The lowest BCUT2D eigenvalue weighted by Gasteiger charge is -2.13. The summed E-state index contributed by atoms with van der Waals surface area (Å²) in [6.45, 7) is 3.43. The quantitative estimate of drug-likeness (QED) is 0.804. The standard InChI is InChI=1S/C15H21NO4/c1-3-8-19-11-4-6-12(7-5-11)20-13-9-14(16-10-13)15(17)18-2/h4-7,13-14,16H,3,8-10H2,1-2H3/t13-,14-/m0/s1. The number of rotatable bonds is 6. The first-order valence-electron chi connectivity index (χ1n) is 6.93. The molecule has 5 nitrogen and oxygen atoms in total. The van der Waals surface area contributed by atoms with Gasteiger partial charge in [-0.15, -0.1) is 0 Å². The van der Waals surface area contributed by atoms with Crippen LogP contribution in [0.5, 0.6) is 11.5 Å². The van der Waals surface area contributed by atoms with Gasteiger partial charge in [0.05, 0.1) is 13.7 Å². The van der Waals surface area contributed by atoms with Crippen molar-refractivity contribution in [3.05, 3.63) is 24.3 Å². The topological polar surface area (TPSA) is 56.8 Å². The van der Waals surface area contributed by atoms with Crippen LogP contribution in [0.1, 0.15) is 19.8 Å². The first-order chi connectivity index (χ1) is 9.72. The molecule has 5 heteroatoms. The van der Waals surface area contributed by atoms with Gasteiger partial charge in [0.1, 0.15) is 23.6 Å². The summed E-state index contributed by atoms with van der Waals surface area (Å²) in [6, 6.07) is 7.29. The fourth-order valence-electron chi connectivity index (χ4n) is 2.14. The molecule has 20 heavy (non-hydrogen) atoms. The highest BCUT2D eigenvalue weighted by molar-refractivity contribution is 5.76. The Morgan fingerprint density at radius 3 is 2.65 bits per heavy atom. The molecule has 1 aromatic rings. The Morgan fingerprint density at radius 2 is 2.00 bits per heavy atom. The predicted molar refractivity (Wildman–Crippen MR) is 75.1 cm³/mol. The van der Waals surface area contributed by atoms with Crippen molar-refractivity contribution in [2.45, 2.75) is 31.9 Å². The zero-order valence-electron chi connectivity index (χ0n) is 11.9. The largest absolute Gasteiger partial charge is 0.494 e. The average Bonchev–Trinajstić information content (AvgIpc) is 2.94. The number of hydrogen-bond acceptors (Lipinski definition) is 5. The van der Waals surface area contributed by atoms with E-state index in [2.05, 4.69) is 12.2 Å². The maximum absolute atomic E-state index is 11.4. The summed E-state index contributed by atoms with van der Waals surface area (Å²) in [6.07, 6.45) is 1.60. The molecule has 0 unspecified atom stereocenters. The molecule has 2 atom stereocenters. The monoisotopic (exact) mass is 279 g/mol. The van der Waals surface area contributed by atoms with Crippen LogP contribution in [0.3, 0.4) is 0 Å². The minimum Gasteiger partial charge on any atom is -0.494 e. The van der Waals surface area contributed by atoms with Crippen LogP contribution in [-0.4, -0.2) is 38.4 Å².